The lowest BCUT2D eigenvalue weighted by Crippen LogP contribution is -2.11. The van der Waals surface area contributed by atoms with E-state index in [4.69, 9.17) is 21.2 Å². The van der Waals surface area contributed by atoms with Crippen molar-refractivity contribution in [3.63, 3.8) is 0 Å². The maximum absolute atomic E-state index is 11.2. The van der Waals surface area contributed by atoms with Crippen molar-refractivity contribution in [3.8, 4) is 6.07 Å². The number of nitrogens with two attached hydrogens (primary N) is 1. The number of benzene rings is 2. The van der Waals surface area contributed by atoms with Gasteiger partial charge in [-0.15, -0.1) is 0 Å². The highest BCUT2D eigenvalue weighted by Gasteiger charge is 2.11. The van der Waals surface area contributed by atoms with Crippen LogP contribution in [-0.2, 0) is 10.0 Å². The number of allylic oxidation sites excluding steroid dienone is 1. The second kappa shape index (κ2) is 6.57. The highest BCUT2D eigenvalue weighted by atomic mass is 35.5. The largest absolute Gasteiger partial charge is 0.435 e. The van der Waals surface area contributed by atoms with Gasteiger partial charge in [0, 0.05) is 16.9 Å². The highest BCUT2D eigenvalue weighted by Crippen LogP contribution is 2.23. The van der Waals surface area contributed by atoms with Gasteiger partial charge in [-0.3, -0.25) is 0 Å². The quantitative estimate of drug-likeness (QED) is 0.676. The van der Waals surface area contributed by atoms with Crippen LogP contribution in [0.25, 0.3) is 16.7 Å². The molecule has 0 aliphatic rings. The number of nitrogens with one attached hydrogen (secondary N) is 1. The van der Waals surface area contributed by atoms with E-state index >= 15 is 0 Å². The molecule has 3 rings (SSSR count). The topological polar surface area (TPSA) is 122 Å². The standard InChI is InChI=1S/C16H11ClN4O3S/c17-11-1-6-15-14(7-11)21-16(24-15)10(8-18)9-20-12-2-4-13(5-3-12)25(19,22)23/h1-7,9,20H,(H2,19,22,23)/b10-9+. The fourth-order valence-corrected chi connectivity index (χ4v) is 2.74. The molecule has 0 atom stereocenters. The van der Waals surface area contributed by atoms with Crippen molar-refractivity contribution in [1.29, 1.82) is 5.26 Å². The van der Waals surface area contributed by atoms with E-state index in [-0.39, 0.29) is 16.4 Å². The summed E-state index contributed by atoms with van der Waals surface area (Å²) in [7, 11) is -3.75. The normalized spacial score (nSPS) is 12.1. The number of anilines is 1. The number of sulfonamides is 1. The Hall–Kier alpha value is -2.86. The zero-order valence-electron chi connectivity index (χ0n) is 12.6. The average Bonchev–Trinajstić information content (AvgIpc) is 2.98. The zero-order chi connectivity index (χ0) is 18.0. The molecule has 3 aromatic rings. The molecule has 0 amide bonds. The molecule has 1 aromatic heterocycles. The third kappa shape index (κ3) is 3.80. The summed E-state index contributed by atoms with van der Waals surface area (Å²) in [6.45, 7) is 0. The molecule has 0 saturated heterocycles. The lowest BCUT2D eigenvalue weighted by Gasteiger charge is -2.02. The number of aromatic nitrogens is 1. The van der Waals surface area contributed by atoms with Crippen LogP contribution in [0.2, 0.25) is 5.02 Å². The van der Waals surface area contributed by atoms with Crippen molar-refractivity contribution in [2.75, 3.05) is 5.32 Å². The Morgan fingerprint density at radius 2 is 2.00 bits per heavy atom. The third-order valence-electron chi connectivity index (χ3n) is 3.27. The number of oxazole rings is 1. The second-order valence-electron chi connectivity index (χ2n) is 5.01. The molecule has 7 nitrogen and oxygen atoms in total. The summed E-state index contributed by atoms with van der Waals surface area (Å²) in [6, 6.07) is 12.7. The first kappa shape index (κ1) is 17.0. The molecule has 0 spiro atoms. The van der Waals surface area contributed by atoms with Crippen molar-refractivity contribution in [1.82, 2.24) is 4.98 Å². The number of hydrogen-bond donors (Lipinski definition) is 2. The number of fused-ring (bicyclic) bond motifs is 1. The molecular weight excluding hydrogens is 364 g/mol. The number of nitriles is 1. The van der Waals surface area contributed by atoms with Crippen LogP contribution in [-0.4, -0.2) is 13.4 Å². The summed E-state index contributed by atoms with van der Waals surface area (Å²) in [5.41, 5.74) is 1.79. The maximum Gasteiger partial charge on any atom is 0.239 e. The van der Waals surface area contributed by atoms with Gasteiger partial charge in [-0.25, -0.2) is 18.5 Å². The van der Waals surface area contributed by atoms with Crippen molar-refractivity contribution < 1.29 is 12.8 Å². The second-order valence-corrected chi connectivity index (χ2v) is 7.01. The first-order chi connectivity index (χ1) is 11.9. The molecule has 0 unspecified atom stereocenters. The van der Waals surface area contributed by atoms with Gasteiger partial charge >= 0.3 is 0 Å². The van der Waals surface area contributed by atoms with E-state index in [1.807, 2.05) is 6.07 Å². The van der Waals surface area contributed by atoms with E-state index < -0.39 is 10.0 Å². The minimum atomic E-state index is -3.75. The molecule has 0 aliphatic carbocycles. The van der Waals surface area contributed by atoms with Crippen molar-refractivity contribution in [2.24, 2.45) is 5.14 Å². The summed E-state index contributed by atoms with van der Waals surface area (Å²) in [4.78, 5) is 4.22. The van der Waals surface area contributed by atoms with E-state index in [1.54, 1.807) is 18.2 Å². The molecule has 0 fully saturated rings. The predicted molar refractivity (Wildman–Crippen MR) is 94.0 cm³/mol. The smallest absolute Gasteiger partial charge is 0.239 e. The summed E-state index contributed by atoms with van der Waals surface area (Å²) >= 11 is 5.90. The molecule has 3 N–H and O–H groups in total. The molecule has 0 radical (unpaired) electrons. The Labute approximate surface area is 148 Å². The van der Waals surface area contributed by atoms with Gasteiger partial charge in [0.05, 0.1) is 4.90 Å². The molecule has 0 bridgehead atoms. The minimum absolute atomic E-state index is 0.00151. The summed E-state index contributed by atoms with van der Waals surface area (Å²) < 4.78 is 28.0. The lowest BCUT2D eigenvalue weighted by atomic mass is 10.3. The third-order valence-corrected chi connectivity index (χ3v) is 4.43. The molecule has 0 saturated carbocycles. The van der Waals surface area contributed by atoms with Crippen LogP contribution < -0.4 is 10.5 Å². The Bertz CT molecular complexity index is 1110. The van der Waals surface area contributed by atoms with Crippen LogP contribution in [0.5, 0.6) is 0 Å². The fourth-order valence-electron chi connectivity index (χ4n) is 2.05. The van der Waals surface area contributed by atoms with Gasteiger partial charge in [0.15, 0.2) is 5.58 Å². The number of primary sulfonamides is 1. The van der Waals surface area contributed by atoms with Gasteiger partial charge in [0.25, 0.3) is 0 Å². The van der Waals surface area contributed by atoms with Crippen LogP contribution in [0, 0.1) is 11.3 Å². The fraction of sp³-hybridized carbons (Fsp3) is 0. The van der Waals surface area contributed by atoms with E-state index in [0.29, 0.717) is 21.8 Å². The van der Waals surface area contributed by atoms with E-state index in [2.05, 4.69) is 10.3 Å². The highest BCUT2D eigenvalue weighted by molar-refractivity contribution is 7.89. The Morgan fingerprint density at radius 1 is 1.28 bits per heavy atom. The molecular formula is C16H11ClN4O3S. The monoisotopic (exact) mass is 374 g/mol. The summed E-state index contributed by atoms with van der Waals surface area (Å²) in [6.07, 6.45) is 1.41. The molecule has 1 heterocycles. The van der Waals surface area contributed by atoms with Gasteiger partial charge in [-0.05, 0) is 42.5 Å². The molecule has 25 heavy (non-hydrogen) atoms. The predicted octanol–water partition coefficient (Wildman–Crippen LogP) is 3.11. The summed E-state index contributed by atoms with van der Waals surface area (Å²) in [5.74, 6) is 0.147. The number of hydrogen-bond acceptors (Lipinski definition) is 6. The number of halogens is 1. The van der Waals surface area contributed by atoms with Crippen molar-refractivity contribution >= 4 is 44.0 Å². The van der Waals surface area contributed by atoms with Crippen molar-refractivity contribution in [2.45, 2.75) is 4.90 Å². The van der Waals surface area contributed by atoms with Gasteiger partial charge in [0.2, 0.25) is 15.9 Å². The Balaban J connectivity index is 1.86. The minimum Gasteiger partial charge on any atom is -0.435 e. The Morgan fingerprint density at radius 3 is 2.64 bits per heavy atom. The van der Waals surface area contributed by atoms with Crippen molar-refractivity contribution in [3.05, 3.63) is 59.6 Å². The van der Waals surface area contributed by atoms with E-state index in [0.717, 1.165) is 0 Å². The van der Waals surface area contributed by atoms with Gasteiger partial charge < -0.3 is 9.73 Å². The molecule has 126 valence electrons. The number of rotatable bonds is 4. The first-order valence-corrected chi connectivity index (χ1v) is 8.85. The first-order valence-electron chi connectivity index (χ1n) is 6.93. The van der Waals surface area contributed by atoms with Crippen LogP contribution in [0.1, 0.15) is 5.89 Å². The van der Waals surface area contributed by atoms with Gasteiger partial charge in [-0.2, -0.15) is 5.26 Å². The van der Waals surface area contributed by atoms with Crippen LogP contribution in [0.3, 0.4) is 0 Å². The lowest BCUT2D eigenvalue weighted by molar-refractivity contribution is 0.586. The summed E-state index contributed by atoms with van der Waals surface area (Å²) in [5, 5.41) is 17.7. The van der Waals surface area contributed by atoms with Crippen LogP contribution in [0.4, 0.5) is 5.69 Å². The van der Waals surface area contributed by atoms with Gasteiger partial charge in [0.1, 0.15) is 17.2 Å². The van der Waals surface area contributed by atoms with Crippen LogP contribution in [0.15, 0.2) is 58.0 Å². The SMILES string of the molecule is N#C/C(=C\Nc1ccc(S(N)(=O)=O)cc1)c1nc2cc(Cl)ccc2o1. The molecule has 9 heteroatoms. The van der Waals surface area contributed by atoms with E-state index in [9.17, 15) is 13.7 Å². The maximum atomic E-state index is 11.2. The molecule has 2 aromatic carbocycles. The average molecular weight is 375 g/mol. The number of nitrogens with zero attached hydrogens (tertiary/aromatic N) is 2. The Kier molecular flexibility index (Phi) is 4.46. The van der Waals surface area contributed by atoms with Gasteiger partial charge in [-0.1, -0.05) is 11.6 Å². The van der Waals surface area contributed by atoms with Crippen LogP contribution >= 0.6 is 11.6 Å². The molecule has 0 aliphatic heterocycles. The van der Waals surface area contributed by atoms with E-state index in [1.165, 1.54) is 30.5 Å². The zero-order valence-corrected chi connectivity index (χ0v) is 14.2.